The van der Waals surface area contributed by atoms with Gasteiger partial charge in [0.1, 0.15) is 5.75 Å². The van der Waals surface area contributed by atoms with Crippen molar-refractivity contribution in [2.45, 2.75) is 24.2 Å². The maximum Gasteiger partial charge on any atom is 0.227 e. The Morgan fingerprint density at radius 3 is 2.86 bits per heavy atom. The van der Waals surface area contributed by atoms with Crippen molar-refractivity contribution in [2.75, 3.05) is 37.5 Å². The molecule has 4 aromatic rings. The van der Waals surface area contributed by atoms with Gasteiger partial charge in [-0.1, -0.05) is 6.07 Å². The minimum atomic E-state index is -0.375. The maximum atomic E-state index is 8.64. The number of aromatic nitrogens is 4. The van der Waals surface area contributed by atoms with Crippen molar-refractivity contribution in [2.24, 2.45) is 4.99 Å². The van der Waals surface area contributed by atoms with E-state index in [4.69, 9.17) is 10.8 Å². The molecule has 0 unspecified atom stereocenters. The molecule has 2 aromatic carbocycles. The Kier molecular flexibility index (Phi) is 4.07. The molecule has 4 heterocycles. The predicted molar refractivity (Wildman–Crippen MR) is 135 cm³/mol. The van der Waals surface area contributed by atoms with Gasteiger partial charge in [0.15, 0.2) is 17.4 Å². The van der Waals surface area contributed by atoms with E-state index in [1.54, 1.807) is 20.4 Å². The number of benzene rings is 2. The zero-order valence-electron chi connectivity index (χ0n) is 20.5. The van der Waals surface area contributed by atoms with E-state index in [0.717, 1.165) is 59.4 Å². The molecule has 35 heavy (non-hydrogen) atoms. The lowest BCUT2D eigenvalue weighted by Gasteiger charge is -2.31. The van der Waals surface area contributed by atoms with Crippen molar-refractivity contribution in [3.05, 3.63) is 53.7 Å². The molecule has 3 aliphatic rings. The summed E-state index contributed by atoms with van der Waals surface area (Å²) in [6.45, 7) is 1.93. The van der Waals surface area contributed by atoms with Gasteiger partial charge < -0.3 is 19.7 Å². The van der Waals surface area contributed by atoms with E-state index in [1.165, 1.54) is 0 Å². The first kappa shape index (κ1) is 19.2. The predicted octanol–water partition coefficient (Wildman–Crippen LogP) is 4.47. The minimum absolute atomic E-state index is 0.187. The van der Waals surface area contributed by atoms with Gasteiger partial charge in [-0.2, -0.15) is 10.1 Å². The number of nitrogens with one attached hydrogen (secondary N) is 2. The van der Waals surface area contributed by atoms with E-state index in [2.05, 4.69) is 53.6 Å². The van der Waals surface area contributed by atoms with Crippen LogP contribution in [-0.2, 0) is 5.41 Å². The number of nitrogens with zero attached hydrogens (tertiary/aromatic N) is 5. The number of fused-ring (bicyclic) bond motifs is 3. The fourth-order valence-electron chi connectivity index (χ4n) is 5.13. The van der Waals surface area contributed by atoms with Crippen LogP contribution < -0.4 is 19.7 Å². The van der Waals surface area contributed by atoms with E-state index in [1.807, 2.05) is 18.2 Å². The monoisotopic (exact) mass is 468 g/mol. The fraction of sp³-hybridized carbons (Fsp3) is 0.308. The molecule has 2 atom stereocenters. The molecule has 1 saturated heterocycles. The highest BCUT2D eigenvalue weighted by atomic mass is 16.5. The van der Waals surface area contributed by atoms with Gasteiger partial charge in [-0.25, -0.2) is 4.98 Å². The highest BCUT2D eigenvalue weighted by molar-refractivity contribution is 5.94. The molecule has 0 amide bonds. The number of rotatable bonds is 6. The molecular weight excluding hydrogens is 442 g/mol. The summed E-state index contributed by atoms with van der Waals surface area (Å²) in [5.41, 5.74) is 3.65. The number of aliphatic imine (C=N–C) groups is 1. The first-order chi connectivity index (χ1) is 17.6. The molecule has 2 fully saturated rings. The van der Waals surface area contributed by atoms with Gasteiger partial charge in [-0.3, -0.25) is 10.1 Å². The van der Waals surface area contributed by atoms with Crippen molar-refractivity contribution < 1.29 is 10.8 Å². The third kappa shape index (κ3) is 3.07. The molecule has 7 rings (SSSR count). The van der Waals surface area contributed by atoms with Gasteiger partial charge in [0, 0.05) is 30.1 Å². The Morgan fingerprint density at radius 1 is 1.14 bits per heavy atom. The highest BCUT2D eigenvalue weighted by Crippen LogP contribution is 2.64. The average Bonchev–Trinajstić information content (AvgIpc) is 3.41. The lowest BCUT2D eigenvalue weighted by atomic mass is 9.92. The molecule has 0 radical (unpaired) electrons. The molecule has 2 aromatic heterocycles. The molecule has 1 aliphatic carbocycles. The smallest absolute Gasteiger partial charge is 0.227 e. The van der Waals surface area contributed by atoms with Crippen molar-refractivity contribution in [3.63, 3.8) is 0 Å². The fourth-order valence-corrected chi connectivity index (χ4v) is 5.13. The zero-order chi connectivity index (χ0) is 24.4. The van der Waals surface area contributed by atoms with Gasteiger partial charge in [0.05, 0.1) is 33.0 Å². The van der Waals surface area contributed by atoms with Crippen LogP contribution in [0.1, 0.15) is 31.3 Å². The van der Waals surface area contributed by atoms with Crippen LogP contribution in [0.4, 0.5) is 23.3 Å². The summed E-state index contributed by atoms with van der Waals surface area (Å²) in [6, 6.07) is 12.2. The molecule has 176 valence electrons. The average molecular weight is 469 g/mol. The SMILES string of the molecule is [2H]C1=Nc2ccc(OC)cc2[C@]12C[C@H]2c1ccc2c(Nc3nc(N4CCC4)ncc3OC)n[nH]c2c1. The molecule has 2 N–H and O–H groups in total. The van der Waals surface area contributed by atoms with Crippen LogP contribution in [0.5, 0.6) is 11.5 Å². The Labute approximate surface area is 203 Å². The summed E-state index contributed by atoms with van der Waals surface area (Å²) >= 11 is 0. The molecule has 9 nitrogen and oxygen atoms in total. The van der Waals surface area contributed by atoms with E-state index >= 15 is 0 Å². The number of aromatic amines is 1. The summed E-state index contributed by atoms with van der Waals surface area (Å²) in [7, 11) is 3.27. The Balaban J connectivity index is 1.19. The second-order valence-corrected chi connectivity index (χ2v) is 9.26. The molecule has 0 bridgehead atoms. The zero-order valence-corrected chi connectivity index (χ0v) is 19.5. The standard InChI is InChI=1S/C26H25N7O2/c1-34-16-5-7-20-18(11-16)26(14-28-20)12-19(26)15-4-6-17-21(10-15)31-32-23(17)29-24-22(35-2)13-27-25(30-24)33-8-3-9-33/h4-7,10-11,13-14,19H,3,8-9,12H2,1-2H3,(H2,27,29,30,31,32)/t19-,26-/m0/s1/i14D. The first-order valence-corrected chi connectivity index (χ1v) is 11.8. The Morgan fingerprint density at radius 2 is 2.06 bits per heavy atom. The number of ether oxygens (including phenoxy) is 2. The van der Waals surface area contributed by atoms with Gasteiger partial charge in [-0.15, -0.1) is 0 Å². The topological polar surface area (TPSA) is 101 Å². The van der Waals surface area contributed by atoms with Crippen LogP contribution in [0.15, 0.2) is 47.6 Å². The lowest BCUT2D eigenvalue weighted by molar-refractivity contribution is 0.412. The lowest BCUT2D eigenvalue weighted by Crippen LogP contribution is -2.38. The van der Waals surface area contributed by atoms with Gasteiger partial charge in [0.25, 0.3) is 0 Å². The van der Waals surface area contributed by atoms with E-state index in [-0.39, 0.29) is 11.3 Å². The summed E-state index contributed by atoms with van der Waals surface area (Å²) in [5, 5.41) is 11.9. The van der Waals surface area contributed by atoms with Gasteiger partial charge >= 0.3 is 0 Å². The summed E-state index contributed by atoms with van der Waals surface area (Å²) in [4.78, 5) is 15.8. The van der Waals surface area contributed by atoms with Crippen LogP contribution in [0.25, 0.3) is 10.9 Å². The number of hydrogen-bond donors (Lipinski definition) is 2. The Bertz CT molecular complexity index is 1550. The molecule has 1 spiro atoms. The summed E-state index contributed by atoms with van der Waals surface area (Å²) in [5.74, 6) is 3.48. The normalized spacial score (nSPS) is 22.5. The molecule has 2 aliphatic heterocycles. The van der Waals surface area contributed by atoms with E-state index in [9.17, 15) is 0 Å². The second kappa shape index (κ2) is 7.43. The van der Waals surface area contributed by atoms with Crippen molar-refractivity contribution in [3.8, 4) is 11.5 Å². The van der Waals surface area contributed by atoms with Crippen LogP contribution in [0.2, 0.25) is 0 Å². The summed E-state index contributed by atoms with van der Waals surface area (Å²) in [6.07, 6.45) is 4.13. The second-order valence-electron chi connectivity index (χ2n) is 9.26. The van der Waals surface area contributed by atoms with E-state index in [0.29, 0.717) is 29.5 Å². The number of hydrogen-bond acceptors (Lipinski definition) is 8. The highest BCUT2D eigenvalue weighted by Gasteiger charge is 2.58. The van der Waals surface area contributed by atoms with Crippen molar-refractivity contribution in [1.82, 2.24) is 20.2 Å². The van der Waals surface area contributed by atoms with Crippen LogP contribution in [0, 0.1) is 0 Å². The maximum absolute atomic E-state index is 8.64. The number of H-pyrrole nitrogens is 1. The van der Waals surface area contributed by atoms with Crippen LogP contribution >= 0.6 is 0 Å². The third-order valence-corrected chi connectivity index (χ3v) is 7.35. The Hall–Kier alpha value is -4.14. The molecule has 1 saturated carbocycles. The first-order valence-electron chi connectivity index (χ1n) is 12.3. The number of methoxy groups -OCH3 is 2. The molecular formula is C26H25N7O2. The summed E-state index contributed by atoms with van der Waals surface area (Å²) < 4.78 is 19.6. The van der Waals surface area contributed by atoms with E-state index < -0.39 is 0 Å². The quantitative estimate of drug-likeness (QED) is 0.431. The minimum Gasteiger partial charge on any atom is -0.497 e. The van der Waals surface area contributed by atoms with Crippen molar-refractivity contribution >= 4 is 40.4 Å². The van der Waals surface area contributed by atoms with Crippen LogP contribution in [-0.4, -0.2) is 53.7 Å². The van der Waals surface area contributed by atoms with Crippen molar-refractivity contribution in [1.29, 1.82) is 0 Å². The molecule has 9 heteroatoms. The van der Waals surface area contributed by atoms with Gasteiger partial charge in [0.2, 0.25) is 5.95 Å². The van der Waals surface area contributed by atoms with Gasteiger partial charge in [-0.05, 0) is 60.2 Å². The largest absolute Gasteiger partial charge is 0.497 e. The third-order valence-electron chi connectivity index (χ3n) is 7.35. The van der Waals surface area contributed by atoms with Crippen LogP contribution in [0.3, 0.4) is 0 Å². The number of anilines is 3.